The van der Waals surface area contributed by atoms with Crippen molar-refractivity contribution in [3.8, 4) is 0 Å². The molecule has 1 aliphatic carbocycles. The van der Waals surface area contributed by atoms with Crippen LogP contribution in [0.3, 0.4) is 0 Å². The number of nitrogens with zero attached hydrogens (tertiary/aromatic N) is 3. The van der Waals surface area contributed by atoms with E-state index >= 15 is 0 Å². The molecule has 1 aromatic heterocycles. The third-order valence-electron chi connectivity index (χ3n) is 3.20. The van der Waals surface area contributed by atoms with E-state index in [2.05, 4.69) is 10.1 Å². The normalized spacial score (nSPS) is 35.5. The summed E-state index contributed by atoms with van der Waals surface area (Å²) >= 11 is 0. The Morgan fingerprint density at radius 1 is 1.21 bits per heavy atom. The van der Waals surface area contributed by atoms with Crippen LogP contribution in [0, 0.1) is 0 Å². The maximum absolute atomic E-state index is 9.89. The van der Waals surface area contributed by atoms with Gasteiger partial charge in [-0.2, -0.15) is 4.98 Å². The van der Waals surface area contributed by atoms with Crippen molar-refractivity contribution in [3.63, 3.8) is 0 Å². The van der Waals surface area contributed by atoms with Crippen LogP contribution in [0.5, 0.6) is 0 Å². The SMILES string of the molecule is Nc1nc(N)n(COC2C(N)CC(N)C(O)C2O)n1. The molecule has 0 saturated heterocycles. The fourth-order valence-corrected chi connectivity index (χ4v) is 2.13. The van der Waals surface area contributed by atoms with E-state index in [9.17, 15) is 10.2 Å². The molecule has 1 aromatic rings. The second kappa shape index (κ2) is 5.27. The van der Waals surface area contributed by atoms with Crippen LogP contribution < -0.4 is 22.9 Å². The lowest BCUT2D eigenvalue weighted by molar-refractivity contribution is -0.142. The minimum atomic E-state index is -1.17. The lowest BCUT2D eigenvalue weighted by Crippen LogP contribution is -2.62. The summed E-state index contributed by atoms with van der Waals surface area (Å²) in [6, 6.07) is -1.06. The van der Waals surface area contributed by atoms with Gasteiger partial charge in [-0.15, -0.1) is 5.10 Å². The van der Waals surface area contributed by atoms with Gasteiger partial charge in [-0.25, -0.2) is 4.68 Å². The first-order valence-corrected chi connectivity index (χ1v) is 5.85. The van der Waals surface area contributed by atoms with Crippen LogP contribution >= 0.6 is 0 Å². The number of nitrogens with two attached hydrogens (primary N) is 4. The molecule has 108 valence electrons. The van der Waals surface area contributed by atoms with Crippen molar-refractivity contribution in [3.05, 3.63) is 0 Å². The number of ether oxygens (including phenoxy) is 1. The lowest BCUT2D eigenvalue weighted by Gasteiger charge is -2.39. The number of aliphatic hydroxyl groups is 2. The van der Waals surface area contributed by atoms with Gasteiger partial charge in [-0.3, -0.25) is 0 Å². The number of rotatable bonds is 3. The van der Waals surface area contributed by atoms with Gasteiger partial charge in [0.15, 0.2) is 0 Å². The van der Waals surface area contributed by atoms with E-state index in [1.807, 2.05) is 0 Å². The number of anilines is 2. The first kappa shape index (κ1) is 14.0. The average molecular weight is 273 g/mol. The zero-order chi connectivity index (χ0) is 14.2. The molecule has 1 aliphatic rings. The zero-order valence-corrected chi connectivity index (χ0v) is 10.3. The van der Waals surface area contributed by atoms with Crippen LogP contribution in [0.4, 0.5) is 11.9 Å². The first-order chi connectivity index (χ1) is 8.90. The monoisotopic (exact) mass is 273 g/mol. The largest absolute Gasteiger partial charge is 0.389 e. The van der Waals surface area contributed by atoms with Gasteiger partial charge in [0.1, 0.15) is 18.9 Å². The zero-order valence-electron chi connectivity index (χ0n) is 10.3. The van der Waals surface area contributed by atoms with Crippen LogP contribution in [0.1, 0.15) is 6.42 Å². The molecule has 0 aliphatic heterocycles. The highest BCUT2D eigenvalue weighted by Crippen LogP contribution is 2.21. The van der Waals surface area contributed by atoms with E-state index in [0.29, 0.717) is 6.42 Å². The molecule has 0 amide bonds. The summed E-state index contributed by atoms with van der Waals surface area (Å²) in [4.78, 5) is 3.70. The molecule has 0 bridgehead atoms. The minimum absolute atomic E-state index is 0.0247. The number of hydrogen-bond donors (Lipinski definition) is 6. The van der Waals surface area contributed by atoms with E-state index in [4.69, 9.17) is 27.7 Å². The molecule has 19 heavy (non-hydrogen) atoms. The van der Waals surface area contributed by atoms with Gasteiger partial charge in [0.2, 0.25) is 11.9 Å². The van der Waals surface area contributed by atoms with E-state index in [0.717, 1.165) is 0 Å². The molecule has 5 atom stereocenters. The Balaban J connectivity index is 2.00. The van der Waals surface area contributed by atoms with E-state index in [1.54, 1.807) is 0 Å². The first-order valence-electron chi connectivity index (χ1n) is 5.85. The van der Waals surface area contributed by atoms with Crippen molar-refractivity contribution in [2.75, 3.05) is 11.5 Å². The van der Waals surface area contributed by atoms with Gasteiger partial charge < -0.3 is 37.9 Å². The van der Waals surface area contributed by atoms with Crippen LogP contribution in [-0.2, 0) is 11.5 Å². The lowest BCUT2D eigenvalue weighted by atomic mass is 9.85. The maximum Gasteiger partial charge on any atom is 0.241 e. The van der Waals surface area contributed by atoms with Crippen molar-refractivity contribution < 1.29 is 14.9 Å². The highest BCUT2D eigenvalue weighted by atomic mass is 16.5. The number of hydrogen-bond acceptors (Lipinski definition) is 9. The second-order valence-corrected chi connectivity index (χ2v) is 4.63. The summed E-state index contributed by atoms with van der Waals surface area (Å²) in [7, 11) is 0. The summed E-state index contributed by atoms with van der Waals surface area (Å²) < 4.78 is 6.67. The van der Waals surface area contributed by atoms with Crippen LogP contribution in [0.15, 0.2) is 0 Å². The maximum atomic E-state index is 9.89. The van der Waals surface area contributed by atoms with E-state index < -0.39 is 30.4 Å². The van der Waals surface area contributed by atoms with Gasteiger partial charge in [0.05, 0.1) is 6.10 Å². The predicted molar refractivity (Wildman–Crippen MR) is 66.3 cm³/mol. The molecule has 1 saturated carbocycles. The smallest absolute Gasteiger partial charge is 0.241 e. The molecule has 5 unspecified atom stereocenters. The molecule has 0 aromatic carbocycles. The van der Waals surface area contributed by atoms with Gasteiger partial charge in [-0.1, -0.05) is 0 Å². The number of nitrogen functional groups attached to an aromatic ring is 2. The molecule has 0 radical (unpaired) electrons. The van der Waals surface area contributed by atoms with E-state index in [-0.39, 0.29) is 18.6 Å². The van der Waals surface area contributed by atoms with Gasteiger partial charge in [0, 0.05) is 12.1 Å². The predicted octanol–water partition coefficient (Wildman–Crippen LogP) is -3.43. The second-order valence-electron chi connectivity index (χ2n) is 4.63. The molecule has 1 heterocycles. The van der Waals surface area contributed by atoms with Crippen LogP contribution in [0.25, 0.3) is 0 Å². The fourth-order valence-electron chi connectivity index (χ4n) is 2.13. The Morgan fingerprint density at radius 2 is 1.89 bits per heavy atom. The fraction of sp³-hybridized carbons (Fsp3) is 0.778. The summed E-state index contributed by atoms with van der Waals surface area (Å²) in [5.74, 6) is 0.116. The minimum Gasteiger partial charge on any atom is -0.389 e. The van der Waals surface area contributed by atoms with Gasteiger partial charge in [-0.05, 0) is 6.42 Å². The van der Waals surface area contributed by atoms with Crippen molar-refractivity contribution in [1.29, 1.82) is 0 Å². The summed E-state index contributed by atoms with van der Waals surface area (Å²) in [6.45, 7) is -0.0760. The Labute approximate surface area is 109 Å². The molecule has 2 rings (SSSR count). The molecular formula is C9H19N7O3. The van der Waals surface area contributed by atoms with E-state index in [1.165, 1.54) is 4.68 Å². The quantitative estimate of drug-likeness (QED) is 0.326. The topological polar surface area (TPSA) is 184 Å². The standard InChI is InChI=1S/C9H19N7O3/c10-3-1-4(11)7(6(18)5(3)17)19-2-16-9(13)14-8(12)15-16/h3-7,17-18H,1-2,10-11H2,(H4,12,13,14,15). The Bertz CT molecular complexity index is 439. The Kier molecular flexibility index (Phi) is 3.87. The third kappa shape index (κ3) is 2.77. The highest BCUT2D eigenvalue weighted by molar-refractivity contribution is 5.25. The third-order valence-corrected chi connectivity index (χ3v) is 3.20. The van der Waals surface area contributed by atoms with Crippen molar-refractivity contribution >= 4 is 11.9 Å². The molecular weight excluding hydrogens is 254 g/mol. The molecule has 10 nitrogen and oxygen atoms in total. The van der Waals surface area contributed by atoms with Crippen molar-refractivity contribution in [1.82, 2.24) is 14.8 Å². The van der Waals surface area contributed by atoms with Crippen molar-refractivity contribution in [2.45, 2.75) is 43.5 Å². The molecule has 0 spiro atoms. The van der Waals surface area contributed by atoms with Crippen LogP contribution in [0.2, 0.25) is 0 Å². The van der Waals surface area contributed by atoms with Crippen molar-refractivity contribution in [2.24, 2.45) is 11.5 Å². The summed E-state index contributed by atoms with van der Waals surface area (Å²) in [5, 5.41) is 23.4. The average Bonchev–Trinajstić information content (AvgIpc) is 2.65. The molecule has 10 N–H and O–H groups in total. The summed E-state index contributed by atoms with van der Waals surface area (Å²) in [5.41, 5.74) is 22.4. The Hall–Kier alpha value is -1.46. The van der Waals surface area contributed by atoms with Gasteiger partial charge >= 0.3 is 0 Å². The van der Waals surface area contributed by atoms with Crippen LogP contribution in [-0.4, -0.2) is 55.4 Å². The highest BCUT2D eigenvalue weighted by Gasteiger charge is 2.41. The summed E-state index contributed by atoms with van der Waals surface area (Å²) in [6.07, 6.45) is -2.67. The Morgan fingerprint density at radius 3 is 2.47 bits per heavy atom. The molecule has 10 heteroatoms. The number of aromatic nitrogens is 3. The number of aliphatic hydroxyl groups excluding tert-OH is 2. The van der Waals surface area contributed by atoms with Gasteiger partial charge in [0.25, 0.3) is 0 Å². The molecule has 1 fully saturated rings.